The van der Waals surface area contributed by atoms with Crippen molar-refractivity contribution in [3.8, 4) is 0 Å². The molecule has 0 amide bonds. The molecule has 0 bridgehead atoms. The second kappa shape index (κ2) is 6.74. The summed E-state index contributed by atoms with van der Waals surface area (Å²) in [5.74, 6) is 0. The number of sulfonamides is 1. The van der Waals surface area contributed by atoms with Crippen LogP contribution in [0.4, 0.5) is 5.69 Å². The van der Waals surface area contributed by atoms with Crippen molar-refractivity contribution in [2.75, 3.05) is 11.3 Å². The number of aryl methyl sites for hydroxylation is 1. The van der Waals surface area contributed by atoms with Crippen LogP contribution >= 0.6 is 0 Å². The molecule has 4 nitrogen and oxygen atoms in total. The number of rotatable bonds is 6. The normalized spacial score (nSPS) is 11.3. The molecule has 0 atom stereocenters. The Morgan fingerprint density at radius 1 is 1.05 bits per heavy atom. The summed E-state index contributed by atoms with van der Waals surface area (Å²) in [6.45, 7) is 5.50. The van der Waals surface area contributed by atoms with Crippen LogP contribution in [0.3, 0.4) is 0 Å². The highest BCUT2D eigenvalue weighted by molar-refractivity contribution is 7.92. The first kappa shape index (κ1) is 15.5. The van der Waals surface area contributed by atoms with Crippen LogP contribution in [0.5, 0.6) is 0 Å². The van der Waals surface area contributed by atoms with E-state index in [1.54, 1.807) is 24.3 Å². The summed E-state index contributed by atoms with van der Waals surface area (Å²) in [4.78, 5) is 0.277. The first-order chi connectivity index (χ1) is 10.0. The molecule has 0 fully saturated rings. The van der Waals surface area contributed by atoms with E-state index in [4.69, 9.17) is 0 Å². The van der Waals surface area contributed by atoms with Crippen molar-refractivity contribution in [1.29, 1.82) is 0 Å². The molecule has 0 saturated heterocycles. The smallest absolute Gasteiger partial charge is 0.261 e. The topological polar surface area (TPSA) is 58.2 Å². The zero-order valence-corrected chi connectivity index (χ0v) is 13.1. The van der Waals surface area contributed by atoms with Crippen LogP contribution in [0.1, 0.15) is 18.1 Å². The van der Waals surface area contributed by atoms with Gasteiger partial charge in [0.05, 0.1) is 4.90 Å². The molecule has 0 aromatic heterocycles. The fourth-order valence-corrected chi connectivity index (χ4v) is 3.16. The van der Waals surface area contributed by atoms with Gasteiger partial charge in [0.2, 0.25) is 0 Å². The number of benzene rings is 2. The summed E-state index contributed by atoms with van der Waals surface area (Å²) < 4.78 is 27.3. The van der Waals surface area contributed by atoms with Crippen molar-refractivity contribution in [1.82, 2.24) is 5.32 Å². The maximum atomic E-state index is 12.4. The number of anilines is 1. The van der Waals surface area contributed by atoms with E-state index < -0.39 is 10.0 Å². The molecule has 0 aliphatic heterocycles. The second-order valence-corrected chi connectivity index (χ2v) is 6.59. The quantitative estimate of drug-likeness (QED) is 0.862. The zero-order valence-electron chi connectivity index (χ0n) is 12.3. The molecule has 0 spiro atoms. The minimum atomic E-state index is -3.54. The van der Waals surface area contributed by atoms with Crippen LogP contribution in [0.2, 0.25) is 0 Å². The molecule has 0 aliphatic carbocycles. The van der Waals surface area contributed by atoms with Gasteiger partial charge in [0.15, 0.2) is 0 Å². The van der Waals surface area contributed by atoms with Crippen LogP contribution in [-0.2, 0) is 16.6 Å². The molecule has 0 saturated carbocycles. The fourth-order valence-electron chi connectivity index (χ4n) is 2.01. The van der Waals surface area contributed by atoms with Crippen LogP contribution in [0.25, 0.3) is 0 Å². The predicted octanol–water partition coefficient (Wildman–Crippen LogP) is 2.91. The minimum absolute atomic E-state index is 0.277. The Morgan fingerprint density at radius 2 is 1.81 bits per heavy atom. The summed E-state index contributed by atoms with van der Waals surface area (Å²) in [7, 11) is -3.54. The third kappa shape index (κ3) is 4.31. The van der Waals surface area contributed by atoms with E-state index in [9.17, 15) is 8.42 Å². The average Bonchev–Trinajstić information content (AvgIpc) is 2.45. The summed E-state index contributed by atoms with van der Waals surface area (Å²) in [6, 6.07) is 14.3. The Labute approximate surface area is 126 Å². The van der Waals surface area contributed by atoms with Gasteiger partial charge in [-0.05, 0) is 48.9 Å². The summed E-state index contributed by atoms with van der Waals surface area (Å²) in [6.07, 6.45) is 0. The van der Waals surface area contributed by atoms with E-state index in [0.717, 1.165) is 24.2 Å². The molecule has 0 radical (unpaired) electrons. The van der Waals surface area contributed by atoms with Crippen molar-refractivity contribution >= 4 is 15.7 Å². The SMILES string of the molecule is CCNCc1cccc(NS(=O)(=O)c2cccc(C)c2)c1. The summed E-state index contributed by atoms with van der Waals surface area (Å²) >= 11 is 0. The molecule has 0 aliphatic rings. The van der Waals surface area contributed by atoms with Gasteiger partial charge in [-0.15, -0.1) is 0 Å². The first-order valence-corrected chi connectivity index (χ1v) is 8.39. The molecule has 5 heteroatoms. The summed E-state index contributed by atoms with van der Waals surface area (Å²) in [5, 5.41) is 3.22. The third-order valence-corrected chi connectivity index (χ3v) is 4.44. The Morgan fingerprint density at radius 3 is 2.52 bits per heavy atom. The first-order valence-electron chi connectivity index (χ1n) is 6.90. The van der Waals surface area contributed by atoms with Crippen molar-refractivity contribution in [3.63, 3.8) is 0 Å². The molecule has 2 N–H and O–H groups in total. The highest BCUT2D eigenvalue weighted by Crippen LogP contribution is 2.18. The lowest BCUT2D eigenvalue weighted by Crippen LogP contribution is -2.14. The van der Waals surface area contributed by atoms with E-state index in [2.05, 4.69) is 10.0 Å². The van der Waals surface area contributed by atoms with Gasteiger partial charge in [0.25, 0.3) is 10.0 Å². The van der Waals surface area contributed by atoms with E-state index in [1.807, 2.05) is 38.1 Å². The van der Waals surface area contributed by atoms with Gasteiger partial charge in [0.1, 0.15) is 0 Å². The van der Waals surface area contributed by atoms with E-state index in [1.165, 1.54) is 0 Å². The van der Waals surface area contributed by atoms with Crippen LogP contribution in [0.15, 0.2) is 53.4 Å². The average molecular weight is 304 g/mol. The number of nitrogens with one attached hydrogen (secondary N) is 2. The standard InChI is InChI=1S/C16H20N2O2S/c1-3-17-12-14-7-5-8-15(11-14)18-21(19,20)16-9-4-6-13(2)10-16/h4-11,17-18H,3,12H2,1-2H3. The Kier molecular flexibility index (Phi) is 4.98. The van der Waals surface area contributed by atoms with Gasteiger partial charge < -0.3 is 5.32 Å². The monoisotopic (exact) mass is 304 g/mol. The minimum Gasteiger partial charge on any atom is -0.313 e. The molecule has 2 aromatic rings. The van der Waals surface area contributed by atoms with Gasteiger partial charge in [-0.2, -0.15) is 0 Å². The van der Waals surface area contributed by atoms with Crippen LogP contribution in [-0.4, -0.2) is 15.0 Å². The highest BCUT2D eigenvalue weighted by atomic mass is 32.2. The van der Waals surface area contributed by atoms with Gasteiger partial charge in [-0.1, -0.05) is 31.2 Å². The molecular formula is C16H20N2O2S. The maximum absolute atomic E-state index is 12.4. The second-order valence-electron chi connectivity index (χ2n) is 4.90. The van der Waals surface area contributed by atoms with Crippen molar-refractivity contribution in [2.45, 2.75) is 25.3 Å². The van der Waals surface area contributed by atoms with Crippen molar-refractivity contribution < 1.29 is 8.42 Å². The lowest BCUT2D eigenvalue weighted by Gasteiger charge is -2.10. The van der Waals surface area contributed by atoms with E-state index >= 15 is 0 Å². The lowest BCUT2D eigenvalue weighted by atomic mass is 10.2. The predicted molar refractivity (Wildman–Crippen MR) is 85.8 cm³/mol. The van der Waals surface area contributed by atoms with Gasteiger partial charge >= 0.3 is 0 Å². The zero-order chi connectivity index (χ0) is 15.3. The van der Waals surface area contributed by atoms with Gasteiger partial charge in [-0.3, -0.25) is 4.72 Å². The number of hydrogen-bond acceptors (Lipinski definition) is 3. The third-order valence-electron chi connectivity index (χ3n) is 3.06. The Bertz CT molecular complexity index is 712. The van der Waals surface area contributed by atoms with Crippen molar-refractivity contribution in [2.24, 2.45) is 0 Å². The fraction of sp³-hybridized carbons (Fsp3) is 0.250. The molecule has 2 rings (SSSR count). The largest absolute Gasteiger partial charge is 0.313 e. The van der Waals surface area contributed by atoms with Gasteiger partial charge in [0, 0.05) is 12.2 Å². The molecule has 2 aromatic carbocycles. The summed E-state index contributed by atoms with van der Waals surface area (Å²) in [5.41, 5.74) is 2.53. The van der Waals surface area contributed by atoms with E-state index in [-0.39, 0.29) is 4.90 Å². The molecular weight excluding hydrogens is 284 g/mol. The number of hydrogen-bond donors (Lipinski definition) is 2. The molecule has 21 heavy (non-hydrogen) atoms. The van der Waals surface area contributed by atoms with Gasteiger partial charge in [-0.25, -0.2) is 8.42 Å². The van der Waals surface area contributed by atoms with Crippen LogP contribution in [0, 0.1) is 6.92 Å². The molecule has 0 unspecified atom stereocenters. The molecule has 0 heterocycles. The highest BCUT2D eigenvalue weighted by Gasteiger charge is 2.14. The molecule has 112 valence electrons. The maximum Gasteiger partial charge on any atom is 0.261 e. The van der Waals surface area contributed by atoms with Crippen molar-refractivity contribution in [3.05, 3.63) is 59.7 Å². The Balaban J connectivity index is 2.20. The van der Waals surface area contributed by atoms with E-state index in [0.29, 0.717) is 5.69 Å². The Hall–Kier alpha value is -1.85. The van der Waals surface area contributed by atoms with Crippen LogP contribution < -0.4 is 10.0 Å². The lowest BCUT2D eigenvalue weighted by molar-refractivity contribution is 0.601.